The molecule has 0 bridgehead atoms. The zero-order chi connectivity index (χ0) is 78.0. The lowest BCUT2D eigenvalue weighted by Gasteiger charge is -2.19. The highest BCUT2D eigenvalue weighted by molar-refractivity contribution is 6.25. The van der Waals surface area contributed by atoms with Crippen LogP contribution in [0.1, 0.15) is 0 Å². The van der Waals surface area contributed by atoms with Crippen LogP contribution in [0.3, 0.4) is 0 Å². The van der Waals surface area contributed by atoms with Crippen LogP contribution in [0.5, 0.6) is 0 Å². The lowest BCUT2D eigenvalue weighted by Crippen LogP contribution is -1.93. The fourth-order valence-corrected chi connectivity index (χ4v) is 17.8. The van der Waals surface area contributed by atoms with E-state index in [0.717, 1.165) is 89.4 Å². The van der Waals surface area contributed by atoms with E-state index in [1.54, 1.807) is 0 Å². The highest BCUT2D eigenvalue weighted by atomic mass is 14.8. The van der Waals surface area contributed by atoms with E-state index in [2.05, 4.69) is 394 Å². The minimum Gasteiger partial charge on any atom is -0.246 e. The van der Waals surface area contributed by atoms with Crippen LogP contribution in [0, 0.1) is 0 Å². The van der Waals surface area contributed by atoms with Gasteiger partial charge in [-0.3, -0.25) is 0 Å². The van der Waals surface area contributed by atoms with Crippen LogP contribution in [0.4, 0.5) is 0 Å². The molecule has 0 atom stereocenters. The van der Waals surface area contributed by atoms with Crippen molar-refractivity contribution in [3.05, 3.63) is 437 Å². The van der Waals surface area contributed by atoms with Crippen molar-refractivity contribution in [2.45, 2.75) is 0 Å². The fraction of sp³-hybridized carbons (Fsp3) is 0. The summed E-state index contributed by atoms with van der Waals surface area (Å²) in [5, 5.41) is 22.0. The minimum atomic E-state index is 0.851. The second-order valence-corrected chi connectivity index (χ2v) is 30.7. The smallest absolute Gasteiger partial charge is 0.0972 e. The average molecular weight is 1500 g/mol. The van der Waals surface area contributed by atoms with E-state index in [4.69, 9.17) is 19.9 Å². The van der Waals surface area contributed by atoms with E-state index >= 15 is 0 Å². The molecule has 0 radical (unpaired) electrons. The van der Waals surface area contributed by atoms with E-state index in [1.165, 1.54) is 142 Å². The number of hydrogen-bond acceptors (Lipinski definition) is 4. The zero-order valence-electron chi connectivity index (χ0n) is 64.4. The molecule has 4 heterocycles. The van der Waals surface area contributed by atoms with Crippen molar-refractivity contribution in [1.29, 1.82) is 0 Å². The molecule has 0 unspecified atom stereocenters. The second kappa shape index (κ2) is 29.4. The standard InChI is InChI=1S/C58H36N2.C56H36N2/c1-2-12-40(13-3-1)53-32-29-42-24-25-43-30-33-54(60-58(43)57(42)59-53)41-22-18-39(19-23-41)46-28-31-51-52(36-46)56(48-27-21-38-11-5-7-15-45(38)35-48)50-17-9-8-16-49(50)55(51)47-26-20-37-10-4-6-14-44(37)34-47;1-2-14-40(15-3-1)51-20-10-22-53(57-51)54-23-11-21-52(58-54)41-28-24-39(25-29-41)44-32-33-49-50(36-44)56(46-31-27-38-13-5-7-17-43(38)35-46)48-19-9-8-18-47(48)55(49)45-30-26-37-12-4-6-16-42(37)34-45/h1-36H;1-36H. The Labute approximate surface area is 683 Å². The highest BCUT2D eigenvalue weighted by Crippen LogP contribution is 2.49. The number of fused-ring (bicyclic) bond motifs is 11. The third-order valence-corrected chi connectivity index (χ3v) is 23.6. The van der Waals surface area contributed by atoms with Crippen molar-refractivity contribution >= 4 is 108 Å². The first-order valence-electron chi connectivity index (χ1n) is 40.4. The Morgan fingerprint density at radius 3 is 0.695 bits per heavy atom. The second-order valence-electron chi connectivity index (χ2n) is 30.7. The van der Waals surface area contributed by atoms with Crippen molar-refractivity contribution in [3.8, 4) is 123 Å². The molecule has 0 fully saturated rings. The lowest BCUT2D eigenvalue weighted by molar-refractivity contribution is 1.25. The van der Waals surface area contributed by atoms with E-state index in [0.29, 0.717) is 0 Å². The lowest BCUT2D eigenvalue weighted by atomic mass is 9.84. The highest BCUT2D eigenvalue weighted by Gasteiger charge is 2.22. The molecule has 19 aromatic carbocycles. The van der Waals surface area contributed by atoms with Gasteiger partial charge in [-0.1, -0.05) is 364 Å². The van der Waals surface area contributed by atoms with Gasteiger partial charge in [-0.2, -0.15) is 0 Å². The molecular formula is C114H72N4. The van der Waals surface area contributed by atoms with Crippen molar-refractivity contribution in [3.63, 3.8) is 0 Å². The topological polar surface area (TPSA) is 51.6 Å². The molecule has 0 amide bonds. The maximum absolute atomic E-state index is 5.24. The first-order valence-corrected chi connectivity index (χ1v) is 40.4. The predicted molar refractivity (Wildman–Crippen MR) is 499 cm³/mol. The van der Waals surface area contributed by atoms with Gasteiger partial charge in [0.15, 0.2) is 0 Å². The summed E-state index contributed by atoms with van der Waals surface area (Å²) in [4.78, 5) is 20.4. The van der Waals surface area contributed by atoms with Crippen LogP contribution in [-0.4, -0.2) is 19.9 Å². The van der Waals surface area contributed by atoms with Crippen LogP contribution < -0.4 is 0 Å². The maximum atomic E-state index is 5.24. The van der Waals surface area contributed by atoms with E-state index < -0.39 is 0 Å². The van der Waals surface area contributed by atoms with Gasteiger partial charge in [-0.15, -0.1) is 0 Å². The number of hydrogen-bond donors (Lipinski definition) is 0. The largest absolute Gasteiger partial charge is 0.246 e. The molecule has 0 aliphatic rings. The summed E-state index contributed by atoms with van der Waals surface area (Å²) in [6, 6.07) is 157. The predicted octanol–water partition coefficient (Wildman–Crippen LogP) is 30.8. The van der Waals surface area contributed by atoms with E-state index in [1.807, 2.05) is 42.5 Å². The summed E-state index contributed by atoms with van der Waals surface area (Å²) in [5.41, 5.74) is 26.1. The monoisotopic (exact) mass is 1500 g/mol. The Morgan fingerprint density at radius 2 is 0.347 bits per heavy atom. The molecule has 4 aromatic heterocycles. The van der Waals surface area contributed by atoms with Crippen molar-refractivity contribution in [2.24, 2.45) is 0 Å². The van der Waals surface area contributed by atoms with E-state index in [9.17, 15) is 0 Å². The molecule has 0 saturated carbocycles. The van der Waals surface area contributed by atoms with E-state index in [-0.39, 0.29) is 0 Å². The first-order chi connectivity index (χ1) is 58.4. The summed E-state index contributed by atoms with van der Waals surface area (Å²) >= 11 is 0. The summed E-state index contributed by atoms with van der Waals surface area (Å²) in [6.07, 6.45) is 0. The number of benzene rings is 19. The maximum Gasteiger partial charge on any atom is 0.0972 e. The molecule has 0 aliphatic heterocycles. The Balaban J connectivity index is 0.000000142. The summed E-state index contributed by atoms with van der Waals surface area (Å²) in [7, 11) is 0. The van der Waals surface area contributed by atoms with Gasteiger partial charge in [-0.05, 0) is 226 Å². The van der Waals surface area contributed by atoms with Crippen molar-refractivity contribution in [2.75, 3.05) is 0 Å². The van der Waals surface area contributed by atoms with Crippen LogP contribution in [0.2, 0.25) is 0 Å². The van der Waals surface area contributed by atoms with Crippen molar-refractivity contribution in [1.82, 2.24) is 19.9 Å². The molecule has 118 heavy (non-hydrogen) atoms. The zero-order valence-corrected chi connectivity index (χ0v) is 64.4. The number of aromatic nitrogens is 4. The molecule has 0 N–H and O–H groups in total. The van der Waals surface area contributed by atoms with Crippen LogP contribution in [0.15, 0.2) is 437 Å². The number of rotatable bonds is 11. The summed E-state index contributed by atoms with van der Waals surface area (Å²) in [6.45, 7) is 0. The molecular weight excluding hydrogens is 1430 g/mol. The average Bonchev–Trinajstić information content (AvgIpc) is 0.733. The molecule has 4 heteroatoms. The third kappa shape index (κ3) is 12.7. The molecule has 548 valence electrons. The van der Waals surface area contributed by atoms with Crippen LogP contribution in [-0.2, 0) is 0 Å². The van der Waals surface area contributed by atoms with Crippen LogP contribution >= 0.6 is 0 Å². The Hall–Kier alpha value is -15.6. The third-order valence-electron chi connectivity index (χ3n) is 23.6. The first kappa shape index (κ1) is 69.1. The molecule has 0 saturated heterocycles. The van der Waals surface area contributed by atoms with Gasteiger partial charge in [0.25, 0.3) is 0 Å². The van der Waals surface area contributed by atoms with Crippen LogP contribution in [0.25, 0.3) is 231 Å². The quantitative estimate of drug-likeness (QED) is 0.0957. The van der Waals surface area contributed by atoms with Gasteiger partial charge in [0.1, 0.15) is 0 Å². The molecule has 23 rings (SSSR count). The molecule has 0 aliphatic carbocycles. The Morgan fingerprint density at radius 1 is 0.110 bits per heavy atom. The minimum absolute atomic E-state index is 0.851. The van der Waals surface area contributed by atoms with Gasteiger partial charge in [0.2, 0.25) is 0 Å². The summed E-state index contributed by atoms with van der Waals surface area (Å²) in [5.74, 6) is 0. The molecule has 4 nitrogen and oxygen atoms in total. The SMILES string of the molecule is c1ccc(-c2ccc3ccc4ccc(-c5ccc(-c6ccc7c(-c8ccc9ccccc9c8)c8ccccc8c(-c8ccc9ccccc9c8)c7c6)cc5)nc4c3n2)cc1.c1ccc(-c2cccc(-c3cccc(-c4ccc(-c5ccc6c(-c7ccc8ccccc8c7)c7ccccc7c(-c7ccc8ccccc8c7)c6c5)cc4)n3)n2)cc1. The Bertz CT molecular complexity index is 7910. The van der Waals surface area contributed by atoms with Crippen molar-refractivity contribution < 1.29 is 0 Å². The van der Waals surface area contributed by atoms with Gasteiger partial charge in [-0.25, -0.2) is 19.9 Å². The van der Waals surface area contributed by atoms with Gasteiger partial charge in [0.05, 0.1) is 45.2 Å². The fourth-order valence-electron chi connectivity index (χ4n) is 17.8. The molecule has 23 aromatic rings. The van der Waals surface area contributed by atoms with Gasteiger partial charge < -0.3 is 0 Å². The van der Waals surface area contributed by atoms with Gasteiger partial charge >= 0.3 is 0 Å². The van der Waals surface area contributed by atoms with Gasteiger partial charge in [0, 0.05) is 33.0 Å². The molecule has 0 spiro atoms. The summed E-state index contributed by atoms with van der Waals surface area (Å²) < 4.78 is 0. The normalized spacial score (nSPS) is 11.6. The number of pyridine rings is 4. The Kier molecular flexibility index (Phi) is 17.2. The number of nitrogens with zero attached hydrogens (tertiary/aromatic N) is 4.